The second kappa shape index (κ2) is 8.41. The topological polar surface area (TPSA) is 123 Å². The van der Waals surface area contributed by atoms with E-state index in [1.165, 1.54) is 42.5 Å². The highest BCUT2D eigenvalue weighted by atomic mass is 35.5. The zero-order valence-corrected chi connectivity index (χ0v) is 20.1. The number of fused-ring (bicyclic) bond motifs is 1. The van der Waals surface area contributed by atoms with E-state index in [0.29, 0.717) is 3.97 Å². The van der Waals surface area contributed by atoms with E-state index >= 15 is 0 Å². The molecule has 1 saturated heterocycles. The molecule has 1 fully saturated rings. The Morgan fingerprint density at radius 2 is 1.61 bits per heavy atom. The Morgan fingerprint density at radius 3 is 2.18 bits per heavy atom. The van der Waals surface area contributed by atoms with Crippen LogP contribution in [0.4, 0.5) is 0 Å². The molecule has 4 rings (SSSR count). The molecule has 3 aromatic rings. The van der Waals surface area contributed by atoms with Gasteiger partial charge in [-0.1, -0.05) is 29.8 Å². The smallest absolute Gasteiger partial charge is 0.355 e. The molecule has 0 radical (unpaired) electrons. The van der Waals surface area contributed by atoms with Gasteiger partial charge < -0.3 is 9.84 Å². The van der Waals surface area contributed by atoms with Crippen molar-refractivity contribution in [1.29, 1.82) is 0 Å². The van der Waals surface area contributed by atoms with Gasteiger partial charge in [0.1, 0.15) is 4.90 Å². The van der Waals surface area contributed by atoms with Gasteiger partial charge >= 0.3 is 5.97 Å². The summed E-state index contributed by atoms with van der Waals surface area (Å²) in [6, 6.07) is 11.1. The molecule has 0 bridgehead atoms. The third kappa shape index (κ3) is 4.04. The minimum atomic E-state index is -4.46. The zero-order valence-electron chi connectivity index (χ0n) is 17.7. The molecular weight excluding hydrogens is 492 g/mol. The summed E-state index contributed by atoms with van der Waals surface area (Å²) in [4.78, 5) is 11.6. The van der Waals surface area contributed by atoms with Crippen LogP contribution in [0, 0.1) is 0 Å². The first-order valence-electron chi connectivity index (χ1n) is 9.98. The van der Waals surface area contributed by atoms with Gasteiger partial charge in [0.25, 0.3) is 10.0 Å². The molecule has 0 aliphatic carbocycles. The average Bonchev–Trinajstić information content (AvgIpc) is 3.09. The molecule has 2 atom stereocenters. The summed E-state index contributed by atoms with van der Waals surface area (Å²) < 4.78 is 61.8. The highest BCUT2D eigenvalue weighted by Gasteiger charge is 2.41. The molecule has 2 heterocycles. The highest BCUT2D eigenvalue weighted by molar-refractivity contribution is 7.91. The van der Waals surface area contributed by atoms with Crippen molar-refractivity contribution in [2.24, 2.45) is 0 Å². The minimum absolute atomic E-state index is 0.00952. The number of sulfonamides is 1. The van der Waals surface area contributed by atoms with E-state index in [4.69, 9.17) is 16.3 Å². The molecule has 12 heteroatoms. The standard InChI is InChI=1S/C21H21ClN2O7S2/c1-13-11-23(12-14(2)31-13)33(29,30)20-17-10-15(22)8-9-18(17)24(19(20)21(25)26)32(27,28)16-6-4-3-5-7-16/h3-10,13-14H,11-12H2,1-2H3,(H,25,26). The fourth-order valence-corrected chi connectivity index (χ4v) is 7.76. The monoisotopic (exact) mass is 512 g/mol. The predicted molar refractivity (Wildman–Crippen MR) is 122 cm³/mol. The summed E-state index contributed by atoms with van der Waals surface area (Å²) in [5.74, 6) is -1.70. The first-order chi connectivity index (χ1) is 15.4. The summed E-state index contributed by atoms with van der Waals surface area (Å²) in [6.07, 6.45) is -0.858. The van der Waals surface area contributed by atoms with Crippen LogP contribution >= 0.6 is 11.6 Å². The van der Waals surface area contributed by atoms with E-state index in [1.54, 1.807) is 19.9 Å². The molecule has 33 heavy (non-hydrogen) atoms. The maximum atomic E-state index is 13.8. The van der Waals surface area contributed by atoms with Crippen LogP contribution in [-0.4, -0.2) is 61.5 Å². The third-order valence-corrected chi connectivity index (χ3v) is 9.18. The fraction of sp³-hybridized carbons (Fsp3) is 0.286. The van der Waals surface area contributed by atoms with Crippen LogP contribution in [0.3, 0.4) is 0 Å². The Labute approximate surface area is 196 Å². The Morgan fingerprint density at radius 1 is 1.00 bits per heavy atom. The van der Waals surface area contributed by atoms with Crippen molar-refractivity contribution in [1.82, 2.24) is 8.28 Å². The van der Waals surface area contributed by atoms with Crippen LogP contribution in [0.5, 0.6) is 0 Å². The summed E-state index contributed by atoms with van der Waals surface area (Å²) in [7, 11) is -8.90. The van der Waals surface area contributed by atoms with Crippen LogP contribution in [0.25, 0.3) is 10.9 Å². The molecule has 176 valence electrons. The van der Waals surface area contributed by atoms with Crippen molar-refractivity contribution in [3.8, 4) is 0 Å². The average molecular weight is 513 g/mol. The molecule has 9 nitrogen and oxygen atoms in total. The van der Waals surface area contributed by atoms with Gasteiger partial charge in [-0.05, 0) is 44.2 Å². The van der Waals surface area contributed by atoms with Gasteiger partial charge in [-0.25, -0.2) is 25.6 Å². The van der Waals surface area contributed by atoms with Crippen LogP contribution in [-0.2, 0) is 24.8 Å². The Bertz CT molecular complexity index is 1440. The van der Waals surface area contributed by atoms with Gasteiger partial charge in [0, 0.05) is 23.5 Å². The third-order valence-electron chi connectivity index (χ3n) is 5.31. The number of halogens is 1. The van der Waals surface area contributed by atoms with E-state index in [0.717, 1.165) is 4.31 Å². The van der Waals surface area contributed by atoms with Gasteiger partial charge in [-0.2, -0.15) is 4.31 Å². The molecule has 1 aliphatic heterocycles. The summed E-state index contributed by atoms with van der Waals surface area (Å²) >= 11 is 6.11. The number of morpholine rings is 1. The first kappa shape index (κ1) is 23.7. The maximum absolute atomic E-state index is 13.8. The number of ether oxygens (including phenoxy) is 1. The van der Waals surface area contributed by atoms with Crippen LogP contribution in [0.15, 0.2) is 58.3 Å². The van der Waals surface area contributed by atoms with Gasteiger partial charge in [0.2, 0.25) is 10.0 Å². The second-order valence-corrected chi connectivity index (χ2v) is 11.9. The summed E-state index contributed by atoms with van der Waals surface area (Å²) in [6.45, 7) is 3.39. The molecule has 1 N–H and O–H groups in total. The van der Waals surface area contributed by atoms with Gasteiger partial charge in [0.05, 0.1) is 22.6 Å². The minimum Gasteiger partial charge on any atom is -0.477 e. The Balaban J connectivity index is 2.09. The van der Waals surface area contributed by atoms with Gasteiger partial charge in [-0.3, -0.25) is 0 Å². The number of carbonyl (C=O) groups is 1. The molecule has 2 aromatic carbocycles. The molecular formula is C21H21ClN2O7S2. The van der Waals surface area contributed by atoms with Gasteiger partial charge in [-0.15, -0.1) is 0 Å². The predicted octanol–water partition coefficient (Wildman–Crippen LogP) is 3.03. The Hall–Kier alpha value is -2.44. The van der Waals surface area contributed by atoms with Gasteiger partial charge in [0.15, 0.2) is 5.69 Å². The zero-order chi connectivity index (χ0) is 24.1. The number of aromatic carboxylic acids is 1. The largest absolute Gasteiger partial charge is 0.477 e. The van der Waals surface area contributed by atoms with E-state index in [9.17, 15) is 26.7 Å². The summed E-state index contributed by atoms with van der Waals surface area (Å²) in [5.41, 5.74) is -0.975. The van der Waals surface area contributed by atoms with E-state index in [1.807, 2.05) is 0 Å². The number of hydrogen-bond acceptors (Lipinski definition) is 6. The summed E-state index contributed by atoms with van der Waals surface area (Å²) in [5, 5.41) is 10.1. The van der Waals surface area contributed by atoms with E-state index < -0.39 is 48.8 Å². The number of rotatable bonds is 5. The van der Waals surface area contributed by atoms with Crippen LogP contribution in [0.1, 0.15) is 24.3 Å². The van der Waals surface area contributed by atoms with Crippen molar-refractivity contribution in [3.63, 3.8) is 0 Å². The number of hydrogen-bond donors (Lipinski definition) is 1. The number of benzene rings is 2. The normalized spacial score (nSPS) is 20.2. The van der Waals surface area contributed by atoms with Crippen LogP contribution < -0.4 is 0 Å². The van der Waals surface area contributed by atoms with E-state index in [-0.39, 0.29) is 33.9 Å². The lowest BCUT2D eigenvalue weighted by Gasteiger charge is -2.34. The first-order valence-corrected chi connectivity index (χ1v) is 13.2. The van der Waals surface area contributed by atoms with Crippen molar-refractivity contribution in [2.45, 2.75) is 35.8 Å². The quantitative estimate of drug-likeness (QED) is 0.557. The number of nitrogens with zero attached hydrogens (tertiary/aromatic N) is 2. The van der Waals surface area contributed by atoms with E-state index in [2.05, 4.69) is 0 Å². The van der Waals surface area contributed by atoms with Crippen molar-refractivity contribution < 1.29 is 31.5 Å². The lowest BCUT2D eigenvalue weighted by atomic mass is 10.2. The lowest BCUT2D eigenvalue weighted by molar-refractivity contribution is -0.0440. The van der Waals surface area contributed by atoms with Crippen molar-refractivity contribution in [2.75, 3.05) is 13.1 Å². The highest BCUT2D eigenvalue weighted by Crippen LogP contribution is 2.37. The fourth-order valence-electron chi connectivity index (χ4n) is 4.06. The number of carboxylic acids is 1. The molecule has 0 saturated carbocycles. The van der Waals surface area contributed by atoms with Crippen molar-refractivity contribution in [3.05, 3.63) is 59.2 Å². The molecule has 0 spiro atoms. The number of aromatic nitrogens is 1. The molecule has 1 aromatic heterocycles. The number of carboxylic acid groups (broad SMARTS) is 1. The second-order valence-electron chi connectivity index (χ2n) is 7.81. The molecule has 1 aliphatic rings. The lowest BCUT2D eigenvalue weighted by Crippen LogP contribution is -2.48. The molecule has 2 unspecified atom stereocenters. The van der Waals surface area contributed by atoms with Crippen molar-refractivity contribution >= 4 is 48.5 Å². The SMILES string of the molecule is CC1CN(S(=O)(=O)c2c(C(=O)O)n(S(=O)(=O)c3ccccc3)c3ccc(Cl)cc23)CC(C)O1. The molecule has 0 amide bonds. The van der Waals surface area contributed by atoms with Crippen LogP contribution in [0.2, 0.25) is 5.02 Å². The maximum Gasteiger partial charge on any atom is 0.355 e. The Kier molecular flexibility index (Phi) is 6.04.